The number of sulfonamides is 1. The Kier molecular flexibility index (Phi) is 7.01. The average molecular weight is 468 g/mol. The predicted octanol–water partition coefficient (Wildman–Crippen LogP) is 3.72. The van der Waals surface area contributed by atoms with E-state index in [4.69, 9.17) is 4.74 Å². The third-order valence-corrected chi connectivity index (χ3v) is 8.50. The maximum Gasteiger partial charge on any atom is 0.244 e. The van der Waals surface area contributed by atoms with Crippen LogP contribution in [0.3, 0.4) is 0 Å². The number of hydrogen-bond acceptors (Lipinski definition) is 5. The van der Waals surface area contributed by atoms with Gasteiger partial charge in [-0.1, -0.05) is 24.3 Å². The minimum absolute atomic E-state index is 0.0346. The van der Waals surface area contributed by atoms with Gasteiger partial charge in [0, 0.05) is 25.6 Å². The second kappa shape index (κ2) is 9.94. The number of carbonyl (C=O) groups excluding carboxylic acids is 1. The highest BCUT2D eigenvalue weighted by Gasteiger charge is 2.38. The van der Waals surface area contributed by atoms with Gasteiger partial charge in [0.15, 0.2) is 0 Å². The molecule has 1 atom stereocenters. The molecule has 2 saturated heterocycles. The zero-order valence-electron chi connectivity index (χ0n) is 18.8. The highest BCUT2D eigenvalue weighted by atomic mass is 32.2. The van der Waals surface area contributed by atoms with E-state index in [9.17, 15) is 18.5 Å². The maximum absolute atomic E-state index is 13.4. The quantitative estimate of drug-likeness (QED) is 0.646. The lowest BCUT2D eigenvalue weighted by molar-refractivity contribution is -0.137. The number of likely N-dealkylation sites (tertiary alicyclic amines) is 1. The molecule has 2 aromatic carbocycles. The van der Waals surface area contributed by atoms with Gasteiger partial charge in [-0.05, 0) is 62.4 Å². The fourth-order valence-corrected chi connectivity index (χ4v) is 6.44. The number of nitrogens with zero attached hydrogens (tertiary/aromatic N) is 3. The molecular weight excluding hydrogens is 438 g/mol. The molecule has 1 unspecified atom stereocenters. The highest BCUT2D eigenvalue weighted by molar-refractivity contribution is 7.89. The van der Waals surface area contributed by atoms with Crippen molar-refractivity contribution in [3.63, 3.8) is 0 Å². The predicted molar refractivity (Wildman–Crippen MR) is 124 cm³/mol. The Labute approximate surface area is 195 Å². The minimum Gasteiger partial charge on any atom is -0.494 e. The molecule has 33 heavy (non-hydrogen) atoms. The Morgan fingerprint density at radius 2 is 1.76 bits per heavy atom. The molecule has 0 aromatic heterocycles. The standard InChI is InChI=1S/C25H29N3O4S/c1-2-32-22-11-9-19(10-12-22)23-7-5-15-28(23)25(29)20-13-16-27(17-14-20)33(30,31)24-8-4-3-6-21(24)18-26/h3-4,6,8-12,20,23H,2,5,7,13-17H2,1H3. The summed E-state index contributed by atoms with van der Waals surface area (Å²) in [5, 5.41) is 9.29. The summed E-state index contributed by atoms with van der Waals surface area (Å²) in [5.41, 5.74) is 1.25. The van der Waals surface area contributed by atoms with Crippen LogP contribution < -0.4 is 4.74 Å². The molecule has 174 valence electrons. The monoisotopic (exact) mass is 467 g/mol. The van der Waals surface area contributed by atoms with Crippen molar-refractivity contribution >= 4 is 15.9 Å². The molecule has 0 spiro atoms. The normalized spacial score (nSPS) is 19.9. The van der Waals surface area contributed by atoms with E-state index < -0.39 is 10.0 Å². The second-order valence-electron chi connectivity index (χ2n) is 8.48. The number of nitriles is 1. The zero-order valence-corrected chi connectivity index (χ0v) is 19.6. The summed E-state index contributed by atoms with van der Waals surface area (Å²) >= 11 is 0. The van der Waals surface area contributed by atoms with Crippen LogP contribution in [0.1, 0.15) is 49.8 Å². The molecule has 0 bridgehead atoms. The Balaban J connectivity index is 1.42. The van der Waals surface area contributed by atoms with E-state index in [0.717, 1.165) is 30.7 Å². The van der Waals surface area contributed by atoms with Crippen LogP contribution in [-0.4, -0.2) is 49.8 Å². The summed E-state index contributed by atoms with van der Waals surface area (Å²) in [5.74, 6) is 0.746. The van der Waals surface area contributed by atoms with E-state index in [1.54, 1.807) is 12.1 Å². The van der Waals surface area contributed by atoms with Crippen LogP contribution in [0, 0.1) is 17.2 Å². The molecule has 0 radical (unpaired) electrons. The Bertz CT molecular complexity index is 1130. The van der Waals surface area contributed by atoms with Crippen LogP contribution in [-0.2, 0) is 14.8 Å². The Hall–Kier alpha value is -2.89. The van der Waals surface area contributed by atoms with Crippen molar-refractivity contribution in [3.8, 4) is 11.8 Å². The molecule has 2 aromatic rings. The summed E-state index contributed by atoms with van der Waals surface area (Å²) in [6.45, 7) is 3.85. The topological polar surface area (TPSA) is 90.7 Å². The van der Waals surface area contributed by atoms with Gasteiger partial charge < -0.3 is 9.64 Å². The van der Waals surface area contributed by atoms with Crippen LogP contribution in [0.25, 0.3) is 0 Å². The Morgan fingerprint density at radius 3 is 2.42 bits per heavy atom. The van der Waals surface area contributed by atoms with Crippen molar-refractivity contribution < 1.29 is 17.9 Å². The van der Waals surface area contributed by atoms with Gasteiger partial charge in [0.25, 0.3) is 0 Å². The van der Waals surface area contributed by atoms with E-state index >= 15 is 0 Å². The van der Waals surface area contributed by atoms with E-state index in [-0.39, 0.29) is 41.4 Å². The third-order valence-electron chi connectivity index (χ3n) is 6.54. The van der Waals surface area contributed by atoms with Crippen molar-refractivity contribution in [2.45, 2.75) is 43.5 Å². The van der Waals surface area contributed by atoms with Crippen molar-refractivity contribution in [2.75, 3.05) is 26.2 Å². The zero-order chi connectivity index (χ0) is 23.4. The maximum atomic E-state index is 13.4. The van der Waals surface area contributed by atoms with Gasteiger partial charge in [-0.25, -0.2) is 8.42 Å². The van der Waals surface area contributed by atoms with Crippen molar-refractivity contribution in [1.29, 1.82) is 5.26 Å². The van der Waals surface area contributed by atoms with Gasteiger partial charge >= 0.3 is 0 Å². The minimum atomic E-state index is -3.76. The van der Waals surface area contributed by atoms with Crippen molar-refractivity contribution in [3.05, 3.63) is 59.7 Å². The molecule has 0 saturated carbocycles. The first-order chi connectivity index (χ1) is 16.0. The van der Waals surface area contributed by atoms with E-state index in [2.05, 4.69) is 0 Å². The molecule has 7 nitrogen and oxygen atoms in total. The molecule has 0 N–H and O–H groups in total. The average Bonchev–Trinajstić information content (AvgIpc) is 3.34. The number of rotatable bonds is 6. The largest absolute Gasteiger partial charge is 0.494 e. The number of benzene rings is 2. The first kappa shape index (κ1) is 23.3. The summed E-state index contributed by atoms with van der Waals surface area (Å²) in [6, 6.07) is 16.2. The smallest absolute Gasteiger partial charge is 0.244 e. The summed E-state index contributed by atoms with van der Waals surface area (Å²) in [4.78, 5) is 15.4. The highest BCUT2D eigenvalue weighted by Crippen LogP contribution is 2.36. The fourth-order valence-electron chi connectivity index (χ4n) is 4.83. The summed E-state index contributed by atoms with van der Waals surface area (Å²) in [7, 11) is -3.76. The first-order valence-electron chi connectivity index (χ1n) is 11.5. The summed E-state index contributed by atoms with van der Waals surface area (Å²) < 4.78 is 33.1. The number of ether oxygens (including phenoxy) is 1. The molecule has 1 amide bonds. The molecule has 2 heterocycles. The van der Waals surface area contributed by atoms with Crippen molar-refractivity contribution in [2.24, 2.45) is 5.92 Å². The van der Waals surface area contributed by atoms with Gasteiger partial charge in [-0.2, -0.15) is 9.57 Å². The van der Waals surface area contributed by atoms with Gasteiger partial charge in [-0.3, -0.25) is 4.79 Å². The van der Waals surface area contributed by atoms with E-state index in [1.165, 1.54) is 16.4 Å². The van der Waals surface area contributed by atoms with Gasteiger partial charge in [-0.15, -0.1) is 0 Å². The second-order valence-corrected chi connectivity index (χ2v) is 10.4. The molecular formula is C25H29N3O4S. The molecule has 2 fully saturated rings. The summed E-state index contributed by atoms with van der Waals surface area (Å²) in [6.07, 6.45) is 2.86. The van der Waals surface area contributed by atoms with Crippen LogP contribution >= 0.6 is 0 Å². The number of amides is 1. The van der Waals surface area contributed by atoms with Crippen LogP contribution in [0.4, 0.5) is 0 Å². The first-order valence-corrected chi connectivity index (χ1v) is 12.9. The number of hydrogen-bond donors (Lipinski definition) is 0. The van der Waals surface area contributed by atoms with Crippen LogP contribution in [0.15, 0.2) is 53.4 Å². The SMILES string of the molecule is CCOc1ccc(C2CCCN2C(=O)C2CCN(S(=O)(=O)c3ccccc3C#N)CC2)cc1. The Morgan fingerprint density at radius 1 is 1.06 bits per heavy atom. The lowest BCUT2D eigenvalue weighted by Gasteiger charge is -2.34. The van der Waals surface area contributed by atoms with Crippen LogP contribution in [0.5, 0.6) is 5.75 Å². The third kappa shape index (κ3) is 4.75. The number of piperidine rings is 1. The van der Waals surface area contributed by atoms with E-state index in [1.807, 2.05) is 42.2 Å². The lowest BCUT2D eigenvalue weighted by atomic mass is 9.95. The molecule has 0 aliphatic carbocycles. The van der Waals surface area contributed by atoms with Crippen LogP contribution in [0.2, 0.25) is 0 Å². The van der Waals surface area contributed by atoms with E-state index in [0.29, 0.717) is 19.4 Å². The number of carbonyl (C=O) groups is 1. The lowest BCUT2D eigenvalue weighted by Crippen LogP contribution is -2.44. The van der Waals surface area contributed by atoms with Gasteiger partial charge in [0.05, 0.1) is 23.1 Å². The van der Waals surface area contributed by atoms with Crippen molar-refractivity contribution in [1.82, 2.24) is 9.21 Å². The molecule has 2 aliphatic heterocycles. The fraction of sp³-hybridized carbons (Fsp3) is 0.440. The molecule has 4 rings (SSSR count). The molecule has 8 heteroatoms. The molecule has 2 aliphatic rings. The van der Waals surface area contributed by atoms with Gasteiger partial charge in [0.2, 0.25) is 15.9 Å². The van der Waals surface area contributed by atoms with Gasteiger partial charge in [0.1, 0.15) is 11.8 Å².